The molecule has 2 heterocycles. The number of fused-ring (bicyclic) bond motifs is 1. The Morgan fingerprint density at radius 2 is 2.31 bits per heavy atom. The molecule has 0 fully saturated rings. The van der Waals surface area contributed by atoms with E-state index in [9.17, 15) is 0 Å². The van der Waals surface area contributed by atoms with E-state index in [-0.39, 0.29) is 6.61 Å². The molecule has 4 heteroatoms. The fraction of sp³-hybridized carbons (Fsp3) is 0.417. The van der Waals surface area contributed by atoms with Crippen LogP contribution in [0.3, 0.4) is 0 Å². The minimum atomic E-state index is 0.233. The van der Waals surface area contributed by atoms with Crippen molar-refractivity contribution in [1.82, 2.24) is 9.38 Å². The average Bonchev–Trinajstić information content (AvgIpc) is 2.78. The molecule has 0 aromatic carbocycles. The number of aromatic nitrogens is 2. The van der Waals surface area contributed by atoms with Gasteiger partial charge >= 0.3 is 0 Å². The molecule has 0 unspecified atom stereocenters. The molecule has 4 nitrogen and oxygen atoms in total. The highest BCUT2D eigenvalue weighted by molar-refractivity contribution is 5.51. The number of anilines is 1. The third-order valence-corrected chi connectivity index (χ3v) is 2.70. The van der Waals surface area contributed by atoms with E-state index in [1.54, 1.807) is 6.20 Å². The van der Waals surface area contributed by atoms with Gasteiger partial charge in [-0.2, -0.15) is 0 Å². The SMILES string of the molecule is CCN(CCCO)c1cccc2nccn12. The van der Waals surface area contributed by atoms with Crippen LogP contribution < -0.4 is 4.90 Å². The van der Waals surface area contributed by atoms with E-state index in [4.69, 9.17) is 5.11 Å². The van der Waals surface area contributed by atoms with Gasteiger partial charge in [0.2, 0.25) is 0 Å². The summed E-state index contributed by atoms with van der Waals surface area (Å²) in [5.74, 6) is 1.13. The van der Waals surface area contributed by atoms with Crippen molar-refractivity contribution in [1.29, 1.82) is 0 Å². The summed E-state index contributed by atoms with van der Waals surface area (Å²) in [6, 6.07) is 6.08. The van der Waals surface area contributed by atoms with Gasteiger partial charge in [0.15, 0.2) is 0 Å². The Hall–Kier alpha value is -1.55. The molecule has 2 rings (SSSR count). The molecule has 0 atom stereocenters. The van der Waals surface area contributed by atoms with Crippen LogP contribution >= 0.6 is 0 Å². The van der Waals surface area contributed by atoms with Crippen LogP contribution in [0.15, 0.2) is 30.6 Å². The number of aliphatic hydroxyl groups is 1. The zero-order chi connectivity index (χ0) is 11.4. The van der Waals surface area contributed by atoms with Gasteiger partial charge in [-0.3, -0.25) is 4.40 Å². The lowest BCUT2D eigenvalue weighted by Crippen LogP contribution is -2.26. The third-order valence-electron chi connectivity index (χ3n) is 2.70. The maximum absolute atomic E-state index is 8.89. The van der Waals surface area contributed by atoms with E-state index in [1.165, 1.54) is 0 Å². The maximum Gasteiger partial charge on any atom is 0.138 e. The van der Waals surface area contributed by atoms with Gasteiger partial charge in [-0.15, -0.1) is 0 Å². The van der Waals surface area contributed by atoms with Gasteiger partial charge < -0.3 is 10.0 Å². The normalized spacial score (nSPS) is 10.9. The zero-order valence-electron chi connectivity index (χ0n) is 9.50. The summed E-state index contributed by atoms with van der Waals surface area (Å²) in [5.41, 5.74) is 0.958. The molecule has 0 amide bonds. The summed E-state index contributed by atoms with van der Waals surface area (Å²) in [6.07, 6.45) is 4.56. The second kappa shape index (κ2) is 4.99. The van der Waals surface area contributed by atoms with Crippen molar-refractivity contribution in [2.75, 3.05) is 24.6 Å². The number of hydrogen-bond acceptors (Lipinski definition) is 3. The lowest BCUT2D eigenvalue weighted by molar-refractivity contribution is 0.289. The van der Waals surface area contributed by atoms with Gasteiger partial charge in [-0.05, 0) is 25.5 Å². The van der Waals surface area contributed by atoms with E-state index >= 15 is 0 Å². The van der Waals surface area contributed by atoms with Crippen molar-refractivity contribution >= 4 is 11.5 Å². The van der Waals surface area contributed by atoms with E-state index in [1.807, 2.05) is 18.3 Å². The summed E-state index contributed by atoms with van der Waals surface area (Å²) in [5, 5.41) is 8.89. The van der Waals surface area contributed by atoms with Crippen LogP contribution in [0.25, 0.3) is 5.65 Å². The quantitative estimate of drug-likeness (QED) is 0.829. The molecule has 2 aromatic rings. The smallest absolute Gasteiger partial charge is 0.138 e. The molecule has 2 aromatic heterocycles. The highest BCUT2D eigenvalue weighted by atomic mass is 16.3. The van der Waals surface area contributed by atoms with Crippen molar-refractivity contribution in [3.05, 3.63) is 30.6 Å². The number of pyridine rings is 1. The number of hydrogen-bond donors (Lipinski definition) is 1. The van der Waals surface area contributed by atoms with Crippen LogP contribution in [0.2, 0.25) is 0 Å². The molecule has 0 aliphatic carbocycles. The second-order valence-corrected chi connectivity index (χ2v) is 3.70. The molecular weight excluding hydrogens is 202 g/mol. The molecule has 0 aliphatic rings. The highest BCUT2D eigenvalue weighted by Gasteiger charge is 2.07. The molecule has 0 spiro atoms. The first-order valence-corrected chi connectivity index (χ1v) is 5.64. The fourth-order valence-corrected chi connectivity index (χ4v) is 1.89. The summed E-state index contributed by atoms with van der Waals surface area (Å²) in [7, 11) is 0. The molecular formula is C12H17N3O. The molecule has 16 heavy (non-hydrogen) atoms. The molecule has 1 N–H and O–H groups in total. The first-order chi connectivity index (χ1) is 7.86. The van der Waals surface area contributed by atoms with Gasteiger partial charge in [-0.1, -0.05) is 6.07 Å². The molecule has 0 saturated carbocycles. The fourth-order valence-electron chi connectivity index (χ4n) is 1.89. The Bertz CT molecular complexity index is 452. The van der Waals surface area contributed by atoms with Crippen LogP contribution in [0.1, 0.15) is 13.3 Å². The lowest BCUT2D eigenvalue weighted by atomic mass is 10.3. The largest absolute Gasteiger partial charge is 0.396 e. The van der Waals surface area contributed by atoms with Crippen LogP contribution in [0.5, 0.6) is 0 Å². The summed E-state index contributed by atoms with van der Waals surface area (Å²) >= 11 is 0. The number of rotatable bonds is 5. The Morgan fingerprint density at radius 3 is 3.06 bits per heavy atom. The van der Waals surface area contributed by atoms with E-state index < -0.39 is 0 Å². The summed E-state index contributed by atoms with van der Waals surface area (Å²) in [4.78, 5) is 6.50. The Labute approximate surface area is 95.1 Å². The first kappa shape index (κ1) is 11.0. The third kappa shape index (κ3) is 2.02. The van der Waals surface area contributed by atoms with Crippen LogP contribution in [0, 0.1) is 0 Å². The van der Waals surface area contributed by atoms with Gasteiger partial charge in [0.1, 0.15) is 11.5 Å². The number of aliphatic hydroxyl groups excluding tert-OH is 1. The second-order valence-electron chi connectivity index (χ2n) is 3.70. The van der Waals surface area contributed by atoms with Crippen molar-refractivity contribution < 1.29 is 5.11 Å². The predicted octanol–water partition coefficient (Wildman–Crippen LogP) is 1.54. The Morgan fingerprint density at radius 1 is 1.44 bits per heavy atom. The molecule has 86 valence electrons. The van der Waals surface area contributed by atoms with Crippen LogP contribution in [-0.4, -0.2) is 34.2 Å². The molecule has 0 saturated heterocycles. The predicted molar refractivity (Wildman–Crippen MR) is 64.8 cm³/mol. The lowest BCUT2D eigenvalue weighted by Gasteiger charge is -2.23. The van der Waals surface area contributed by atoms with Gasteiger partial charge in [-0.25, -0.2) is 4.98 Å². The van der Waals surface area contributed by atoms with E-state index in [2.05, 4.69) is 27.3 Å². The van der Waals surface area contributed by atoms with Crippen molar-refractivity contribution in [2.45, 2.75) is 13.3 Å². The van der Waals surface area contributed by atoms with Crippen molar-refractivity contribution in [3.63, 3.8) is 0 Å². The Kier molecular flexibility index (Phi) is 3.41. The Balaban J connectivity index is 2.32. The minimum absolute atomic E-state index is 0.233. The first-order valence-electron chi connectivity index (χ1n) is 5.64. The molecule has 0 radical (unpaired) electrons. The monoisotopic (exact) mass is 219 g/mol. The zero-order valence-corrected chi connectivity index (χ0v) is 9.50. The average molecular weight is 219 g/mol. The maximum atomic E-state index is 8.89. The number of nitrogens with zero attached hydrogens (tertiary/aromatic N) is 3. The van der Waals surface area contributed by atoms with Crippen LogP contribution in [0.4, 0.5) is 5.82 Å². The molecule has 0 aliphatic heterocycles. The standard InChI is InChI=1S/C12H17N3O/c1-2-14(8-4-10-16)12-6-3-5-11-13-7-9-15(11)12/h3,5-7,9,16H,2,4,8,10H2,1H3. The van der Waals surface area contributed by atoms with E-state index in [0.29, 0.717) is 0 Å². The summed E-state index contributed by atoms with van der Waals surface area (Å²) in [6.45, 7) is 4.14. The highest BCUT2D eigenvalue weighted by Crippen LogP contribution is 2.16. The van der Waals surface area contributed by atoms with Gasteiger partial charge in [0, 0.05) is 32.1 Å². The van der Waals surface area contributed by atoms with Gasteiger partial charge in [0.05, 0.1) is 0 Å². The van der Waals surface area contributed by atoms with Gasteiger partial charge in [0.25, 0.3) is 0 Å². The topological polar surface area (TPSA) is 40.8 Å². The van der Waals surface area contributed by atoms with Crippen molar-refractivity contribution in [2.24, 2.45) is 0 Å². The molecule has 0 bridgehead atoms. The van der Waals surface area contributed by atoms with Crippen LogP contribution in [-0.2, 0) is 0 Å². The summed E-state index contributed by atoms with van der Waals surface area (Å²) < 4.78 is 2.07. The minimum Gasteiger partial charge on any atom is -0.396 e. The van der Waals surface area contributed by atoms with Crippen molar-refractivity contribution in [3.8, 4) is 0 Å². The number of imidazole rings is 1. The van der Waals surface area contributed by atoms with E-state index in [0.717, 1.165) is 31.0 Å².